The number of aromatic nitrogens is 2. The Morgan fingerprint density at radius 3 is 2.97 bits per heavy atom. The second-order valence-corrected chi connectivity index (χ2v) is 7.68. The van der Waals surface area contributed by atoms with Gasteiger partial charge in [-0.1, -0.05) is 18.2 Å². The molecule has 2 N–H and O–H groups in total. The lowest BCUT2D eigenvalue weighted by atomic mass is 10.1. The molecule has 2 heterocycles. The molecule has 0 saturated carbocycles. The lowest BCUT2D eigenvalue weighted by Crippen LogP contribution is -2.07. The second kappa shape index (κ2) is 8.38. The minimum atomic E-state index is -0.499. The molecule has 30 heavy (non-hydrogen) atoms. The first-order chi connectivity index (χ1) is 14.5. The fraction of sp³-hybridized carbons (Fsp3) is 0.136. The predicted octanol–water partition coefficient (Wildman–Crippen LogP) is 4.68. The number of aromatic amines is 1. The Bertz CT molecular complexity index is 1280. The molecule has 4 rings (SSSR count). The Labute approximate surface area is 176 Å². The van der Waals surface area contributed by atoms with Crippen molar-refractivity contribution >= 4 is 39.6 Å². The highest BCUT2D eigenvalue weighted by Crippen LogP contribution is 2.27. The van der Waals surface area contributed by atoms with Crippen LogP contribution in [0.5, 0.6) is 5.75 Å². The summed E-state index contributed by atoms with van der Waals surface area (Å²) in [5.74, 6) is -0.0213. The van der Waals surface area contributed by atoms with Crippen LogP contribution in [0.2, 0.25) is 0 Å². The van der Waals surface area contributed by atoms with Crippen molar-refractivity contribution in [2.45, 2.75) is 20.0 Å². The van der Waals surface area contributed by atoms with Crippen molar-refractivity contribution in [3.63, 3.8) is 0 Å². The number of hydrogen-bond donors (Lipinski definition) is 2. The van der Waals surface area contributed by atoms with Gasteiger partial charge in [-0.25, -0.2) is 9.78 Å². The fourth-order valence-electron chi connectivity index (χ4n) is 2.85. The summed E-state index contributed by atoms with van der Waals surface area (Å²) in [4.78, 5) is 30.6. The van der Waals surface area contributed by atoms with Gasteiger partial charge in [0.15, 0.2) is 10.7 Å². The third-order valence-corrected chi connectivity index (χ3v) is 4.87. The van der Waals surface area contributed by atoms with E-state index < -0.39 is 5.76 Å². The number of anilines is 1. The summed E-state index contributed by atoms with van der Waals surface area (Å²) in [7, 11) is 0. The summed E-state index contributed by atoms with van der Waals surface area (Å²) in [5.41, 5.74) is 3.43. The van der Waals surface area contributed by atoms with Crippen LogP contribution in [0.25, 0.3) is 28.4 Å². The Morgan fingerprint density at radius 1 is 1.27 bits per heavy atom. The molecule has 2 aromatic heterocycles. The van der Waals surface area contributed by atoms with Crippen LogP contribution in [0.15, 0.2) is 63.1 Å². The smallest absolute Gasteiger partial charge is 0.417 e. The van der Waals surface area contributed by atoms with Gasteiger partial charge >= 0.3 is 5.76 Å². The van der Waals surface area contributed by atoms with E-state index in [4.69, 9.17) is 9.15 Å². The first-order valence-electron chi connectivity index (χ1n) is 9.31. The van der Waals surface area contributed by atoms with Crippen LogP contribution in [0.3, 0.4) is 0 Å². The Kier molecular flexibility index (Phi) is 5.49. The van der Waals surface area contributed by atoms with E-state index in [1.807, 2.05) is 49.6 Å². The van der Waals surface area contributed by atoms with Crippen LogP contribution >= 0.6 is 11.3 Å². The number of benzene rings is 2. The Morgan fingerprint density at radius 2 is 2.13 bits per heavy atom. The van der Waals surface area contributed by atoms with Crippen LogP contribution in [-0.4, -0.2) is 22.0 Å². The Hall–Kier alpha value is -3.65. The average Bonchev–Trinajstić information content (AvgIpc) is 3.31. The van der Waals surface area contributed by atoms with Crippen LogP contribution in [-0.2, 0) is 4.79 Å². The van der Waals surface area contributed by atoms with E-state index >= 15 is 0 Å². The molecule has 0 radical (unpaired) electrons. The molecule has 1 amide bonds. The van der Waals surface area contributed by atoms with Crippen molar-refractivity contribution in [3.8, 4) is 17.0 Å². The molecule has 7 nitrogen and oxygen atoms in total. The molecule has 0 aliphatic heterocycles. The molecular formula is C22H19N3O4S. The van der Waals surface area contributed by atoms with Crippen molar-refractivity contribution in [1.82, 2.24) is 9.97 Å². The van der Waals surface area contributed by atoms with Crippen LogP contribution in [0.1, 0.15) is 19.4 Å². The van der Waals surface area contributed by atoms with Gasteiger partial charge in [-0.3, -0.25) is 15.1 Å². The van der Waals surface area contributed by atoms with Gasteiger partial charge in [-0.2, -0.15) is 0 Å². The molecule has 0 saturated heterocycles. The molecule has 0 fully saturated rings. The summed E-state index contributed by atoms with van der Waals surface area (Å²) in [6, 6.07) is 12.9. The zero-order valence-corrected chi connectivity index (χ0v) is 17.2. The highest BCUT2D eigenvalue weighted by Gasteiger charge is 2.09. The molecule has 2 aromatic carbocycles. The van der Waals surface area contributed by atoms with E-state index in [2.05, 4.69) is 15.3 Å². The maximum absolute atomic E-state index is 12.3. The highest BCUT2D eigenvalue weighted by atomic mass is 32.1. The first-order valence-corrected chi connectivity index (χ1v) is 10.2. The number of carbonyl (C=O) groups is 1. The van der Waals surface area contributed by atoms with E-state index in [1.54, 1.807) is 18.2 Å². The van der Waals surface area contributed by atoms with Crippen molar-refractivity contribution in [3.05, 3.63) is 70.0 Å². The molecule has 0 unspecified atom stereocenters. The normalized spacial score (nSPS) is 11.4. The van der Waals surface area contributed by atoms with E-state index in [0.717, 1.165) is 16.9 Å². The lowest BCUT2D eigenvalue weighted by molar-refractivity contribution is -0.111. The number of fused-ring (bicyclic) bond motifs is 1. The quantitative estimate of drug-likeness (QED) is 0.441. The van der Waals surface area contributed by atoms with Gasteiger partial charge in [0.05, 0.1) is 17.3 Å². The maximum atomic E-state index is 12.3. The largest absolute Gasteiger partial charge is 0.491 e. The maximum Gasteiger partial charge on any atom is 0.417 e. The molecule has 0 aliphatic rings. The van der Waals surface area contributed by atoms with Gasteiger partial charge in [-0.15, -0.1) is 11.3 Å². The molecule has 0 bridgehead atoms. The molecule has 0 aliphatic carbocycles. The van der Waals surface area contributed by atoms with Crippen molar-refractivity contribution in [1.29, 1.82) is 0 Å². The summed E-state index contributed by atoms with van der Waals surface area (Å²) < 4.78 is 10.7. The van der Waals surface area contributed by atoms with Crippen LogP contribution < -0.4 is 15.8 Å². The van der Waals surface area contributed by atoms with Crippen molar-refractivity contribution < 1.29 is 13.9 Å². The SMILES string of the molecule is CC(C)Oc1cccc(/C=C/C(=O)Nc2nc(-c3ccc4[nH]c(=O)oc4c3)cs2)c1. The molecular weight excluding hydrogens is 402 g/mol. The third kappa shape index (κ3) is 4.66. The minimum Gasteiger partial charge on any atom is -0.491 e. The van der Waals surface area contributed by atoms with Crippen LogP contribution in [0, 0.1) is 0 Å². The van der Waals surface area contributed by atoms with Gasteiger partial charge < -0.3 is 9.15 Å². The monoisotopic (exact) mass is 421 g/mol. The van der Waals surface area contributed by atoms with Gasteiger partial charge in [0.1, 0.15) is 5.75 Å². The van der Waals surface area contributed by atoms with Gasteiger partial charge in [0, 0.05) is 17.0 Å². The highest BCUT2D eigenvalue weighted by molar-refractivity contribution is 7.14. The minimum absolute atomic E-state index is 0.0839. The second-order valence-electron chi connectivity index (χ2n) is 6.83. The number of H-pyrrole nitrogens is 1. The number of ether oxygens (including phenoxy) is 1. The number of nitrogens with one attached hydrogen (secondary N) is 2. The fourth-order valence-corrected chi connectivity index (χ4v) is 3.57. The van der Waals surface area contributed by atoms with Crippen molar-refractivity contribution in [2.24, 2.45) is 0 Å². The van der Waals surface area contributed by atoms with Crippen LogP contribution in [0.4, 0.5) is 5.13 Å². The summed E-state index contributed by atoms with van der Waals surface area (Å²) in [6.45, 7) is 3.93. The van der Waals surface area contributed by atoms with E-state index in [-0.39, 0.29) is 12.0 Å². The predicted molar refractivity (Wildman–Crippen MR) is 118 cm³/mol. The van der Waals surface area contributed by atoms with E-state index in [0.29, 0.717) is 21.9 Å². The summed E-state index contributed by atoms with van der Waals surface area (Å²) in [6.07, 6.45) is 3.26. The first kappa shape index (κ1) is 19.7. The van der Waals surface area contributed by atoms with E-state index in [1.165, 1.54) is 17.4 Å². The van der Waals surface area contributed by atoms with Gasteiger partial charge in [-0.05, 0) is 49.8 Å². The number of carbonyl (C=O) groups excluding carboxylic acids is 1. The number of hydrogen-bond acceptors (Lipinski definition) is 6. The molecule has 4 aromatic rings. The molecule has 0 atom stereocenters. The zero-order chi connectivity index (χ0) is 21.1. The molecule has 8 heteroatoms. The number of nitrogens with zero attached hydrogens (tertiary/aromatic N) is 1. The number of thiazole rings is 1. The topological polar surface area (TPSA) is 97.2 Å². The Balaban J connectivity index is 1.43. The van der Waals surface area contributed by atoms with Gasteiger partial charge in [0.2, 0.25) is 5.91 Å². The lowest BCUT2D eigenvalue weighted by Gasteiger charge is -2.09. The number of rotatable bonds is 6. The van der Waals surface area contributed by atoms with E-state index in [9.17, 15) is 9.59 Å². The van der Waals surface area contributed by atoms with Gasteiger partial charge in [0.25, 0.3) is 0 Å². The van der Waals surface area contributed by atoms with Crippen molar-refractivity contribution in [2.75, 3.05) is 5.32 Å². The molecule has 152 valence electrons. The standard InChI is InChI=1S/C22H19N3O4S/c1-13(2)28-16-5-3-4-14(10-16)6-9-20(26)25-21-23-18(12-30-21)15-7-8-17-19(11-15)29-22(27)24-17/h3-13H,1-2H3,(H,24,27)(H,23,25,26)/b9-6+. The number of oxazole rings is 1. The molecule has 0 spiro atoms. The average molecular weight is 421 g/mol. The number of amides is 1. The summed E-state index contributed by atoms with van der Waals surface area (Å²) >= 11 is 1.32. The third-order valence-electron chi connectivity index (χ3n) is 4.11. The summed E-state index contributed by atoms with van der Waals surface area (Å²) in [5, 5.41) is 5.07. The zero-order valence-electron chi connectivity index (χ0n) is 16.3.